The third-order valence-corrected chi connectivity index (χ3v) is 3.89. The Morgan fingerprint density at radius 3 is 2.84 bits per heavy atom. The number of sulfonamides is 1. The Kier molecular flexibility index (Phi) is 3.75. The number of aromatic amines is 1. The maximum Gasteiger partial charge on any atom is 0.241 e. The van der Waals surface area contributed by atoms with Crippen LogP contribution in [-0.2, 0) is 16.6 Å². The van der Waals surface area contributed by atoms with Gasteiger partial charge in [0.25, 0.3) is 0 Å². The number of nitrogens with zero attached hydrogens (tertiary/aromatic N) is 4. The van der Waals surface area contributed by atoms with Crippen molar-refractivity contribution in [2.75, 3.05) is 0 Å². The summed E-state index contributed by atoms with van der Waals surface area (Å²) in [7, 11) is -3.75. The van der Waals surface area contributed by atoms with Crippen molar-refractivity contribution in [2.24, 2.45) is 0 Å². The second kappa shape index (κ2) is 5.31. The van der Waals surface area contributed by atoms with E-state index >= 15 is 0 Å². The van der Waals surface area contributed by atoms with E-state index < -0.39 is 10.0 Å². The smallest absolute Gasteiger partial charge is 0.207 e. The van der Waals surface area contributed by atoms with E-state index in [0.29, 0.717) is 0 Å². The third-order valence-electron chi connectivity index (χ3n) is 2.18. The quantitative estimate of drug-likeness (QED) is 0.831. The molecule has 2 rings (SSSR count). The lowest BCUT2D eigenvalue weighted by atomic mass is 10.2. The van der Waals surface area contributed by atoms with Crippen molar-refractivity contribution in [3.63, 3.8) is 0 Å². The molecule has 1 aromatic carbocycles. The van der Waals surface area contributed by atoms with Gasteiger partial charge in [0.15, 0.2) is 5.82 Å². The molecule has 1 aromatic heterocycles. The summed E-state index contributed by atoms with van der Waals surface area (Å²) in [6, 6.07) is 5.69. The summed E-state index contributed by atoms with van der Waals surface area (Å²) in [6.07, 6.45) is 0. The van der Waals surface area contributed by atoms with Crippen LogP contribution >= 0.6 is 11.6 Å². The van der Waals surface area contributed by atoms with Crippen molar-refractivity contribution in [3.8, 4) is 6.07 Å². The van der Waals surface area contributed by atoms with E-state index in [-0.39, 0.29) is 27.9 Å². The highest BCUT2D eigenvalue weighted by atomic mass is 35.5. The summed E-state index contributed by atoms with van der Waals surface area (Å²) in [5.74, 6) is 0.211. The van der Waals surface area contributed by atoms with Gasteiger partial charge in [0.05, 0.1) is 22.0 Å². The van der Waals surface area contributed by atoms with Gasteiger partial charge in [0, 0.05) is 0 Å². The number of rotatable bonds is 4. The van der Waals surface area contributed by atoms with Gasteiger partial charge in [-0.3, -0.25) is 0 Å². The number of benzene rings is 1. The van der Waals surface area contributed by atoms with Crippen molar-refractivity contribution in [1.82, 2.24) is 25.3 Å². The molecular formula is C9H7ClN6O2S. The van der Waals surface area contributed by atoms with Crippen LogP contribution in [0.4, 0.5) is 0 Å². The normalized spacial score (nSPS) is 11.2. The van der Waals surface area contributed by atoms with Gasteiger partial charge in [-0.05, 0) is 18.2 Å². The van der Waals surface area contributed by atoms with E-state index in [2.05, 4.69) is 25.3 Å². The van der Waals surface area contributed by atoms with Gasteiger partial charge in [-0.1, -0.05) is 16.8 Å². The van der Waals surface area contributed by atoms with Gasteiger partial charge >= 0.3 is 0 Å². The number of halogens is 1. The van der Waals surface area contributed by atoms with Gasteiger partial charge in [0.2, 0.25) is 10.0 Å². The number of H-pyrrole nitrogens is 1. The maximum atomic E-state index is 11.9. The standard InChI is InChI=1S/C9H7ClN6O2S/c10-8-3-7(2-1-6(8)4-11)19(17,18)12-5-9-13-15-16-14-9/h1-3,12H,5H2,(H,13,14,15,16). The summed E-state index contributed by atoms with van der Waals surface area (Å²) in [4.78, 5) is -0.0417. The first-order valence-corrected chi connectivity index (χ1v) is 6.80. The second-order valence-corrected chi connectivity index (χ2v) is 5.58. The minimum Gasteiger partial charge on any atom is -0.207 e. The van der Waals surface area contributed by atoms with Gasteiger partial charge in [-0.25, -0.2) is 13.1 Å². The molecule has 10 heteroatoms. The van der Waals surface area contributed by atoms with E-state index in [9.17, 15) is 8.42 Å². The van der Waals surface area contributed by atoms with Crippen LogP contribution in [-0.4, -0.2) is 29.0 Å². The molecule has 0 aliphatic rings. The molecule has 2 aromatic rings. The Morgan fingerprint density at radius 2 is 2.26 bits per heavy atom. The first kappa shape index (κ1) is 13.4. The molecule has 0 fully saturated rings. The molecule has 8 nitrogen and oxygen atoms in total. The number of hydrogen-bond acceptors (Lipinski definition) is 6. The number of hydrogen-bond donors (Lipinski definition) is 2. The molecular weight excluding hydrogens is 292 g/mol. The highest BCUT2D eigenvalue weighted by molar-refractivity contribution is 7.89. The Balaban J connectivity index is 2.20. The number of nitrogens with one attached hydrogen (secondary N) is 2. The lowest BCUT2D eigenvalue weighted by Crippen LogP contribution is -2.23. The van der Waals surface area contributed by atoms with Crippen LogP contribution in [0.25, 0.3) is 0 Å². The Labute approximate surface area is 113 Å². The number of aromatic nitrogens is 4. The molecule has 0 aliphatic carbocycles. The predicted octanol–water partition coefficient (Wildman–Crippen LogP) is 0.203. The molecule has 98 valence electrons. The number of tetrazole rings is 1. The third kappa shape index (κ3) is 3.05. The molecule has 0 bridgehead atoms. The fourth-order valence-electron chi connectivity index (χ4n) is 1.25. The van der Waals surface area contributed by atoms with Gasteiger partial charge < -0.3 is 0 Å². The molecule has 0 aliphatic heterocycles. The van der Waals surface area contributed by atoms with E-state index in [4.69, 9.17) is 16.9 Å². The summed E-state index contributed by atoms with van der Waals surface area (Å²) in [5, 5.41) is 21.5. The maximum absolute atomic E-state index is 11.9. The van der Waals surface area contributed by atoms with Gasteiger partial charge in [-0.15, -0.1) is 10.2 Å². The topological polar surface area (TPSA) is 124 Å². The van der Waals surface area contributed by atoms with Crippen LogP contribution in [0.2, 0.25) is 5.02 Å². The Morgan fingerprint density at radius 1 is 1.47 bits per heavy atom. The van der Waals surface area contributed by atoms with Gasteiger partial charge in [0.1, 0.15) is 6.07 Å². The van der Waals surface area contributed by atoms with Crippen molar-refractivity contribution >= 4 is 21.6 Å². The molecule has 0 spiro atoms. The van der Waals surface area contributed by atoms with Crippen molar-refractivity contribution in [2.45, 2.75) is 11.4 Å². The lowest BCUT2D eigenvalue weighted by molar-refractivity contribution is 0.579. The van der Waals surface area contributed by atoms with E-state index in [1.165, 1.54) is 18.2 Å². The SMILES string of the molecule is N#Cc1ccc(S(=O)(=O)NCc2nn[nH]n2)cc1Cl. The van der Waals surface area contributed by atoms with Crippen molar-refractivity contribution in [3.05, 3.63) is 34.6 Å². The highest BCUT2D eigenvalue weighted by Crippen LogP contribution is 2.20. The molecule has 0 saturated heterocycles. The van der Waals surface area contributed by atoms with Crippen LogP contribution in [0.5, 0.6) is 0 Å². The average Bonchev–Trinajstić information content (AvgIpc) is 2.89. The molecule has 2 N–H and O–H groups in total. The molecule has 0 saturated carbocycles. The fraction of sp³-hybridized carbons (Fsp3) is 0.111. The molecule has 0 amide bonds. The van der Waals surface area contributed by atoms with E-state index in [1.54, 1.807) is 0 Å². The van der Waals surface area contributed by atoms with Crippen LogP contribution in [0.3, 0.4) is 0 Å². The minimum atomic E-state index is -3.75. The van der Waals surface area contributed by atoms with Crippen molar-refractivity contribution < 1.29 is 8.42 Å². The first-order valence-electron chi connectivity index (χ1n) is 4.94. The second-order valence-electron chi connectivity index (χ2n) is 3.41. The first-order chi connectivity index (χ1) is 9.03. The van der Waals surface area contributed by atoms with Crippen molar-refractivity contribution in [1.29, 1.82) is 5.26 Å². The van der Waals surface area contributed by atoms with Gasteiger partial charge in [-0.2, -0.15) is 10.5 Å². The zero-order valence-electron chi connectivity index (χ0n) is 9.33. The zero-order valence-corrected chi connectivity index (χ0v) is 10.9. The van der Waals surface area contributed by atoms with Crippen LogP contribution < -0.4 is 4.72 Å². The molecule has 0 atom stereocenters. The van der Waals surface area contributed by atoms with Crippen LogP contribution in [0, 0.1) is 11.3 Å². The molecule has 0 unspecified atom stereocenters. The lowest BCUT2D eigenvalue weighted by Gasteiger charge is -2.05. The minimum absolute atomic E-state index is 0.0417. The van der Waals surface area contributed by atoms with E-state index in [0.717, 1.165) is 0 Å². The summed E-state index contributed by atoms with van der Waals surface area (Å²) < 4.78 is 26.2. The Bertz CT molecular complexity index is 722. The Hall–Kier alpha value is -2.02. The van der Waals surface area contributed by atoms with E-state index in [1.807, 2.05) is 6.07 Å². The molecule has 0 radical (unpaired) electrons. The van der Waals surface area contributed by atoms with Crippen LogP contribution in [0.15, 0.2) is 23.1 Å². The molecule has 1 heterocycles. The number of nitriles is 1. The predicted molar refractivity (Wildman–Crippen MR) is 64.4 cm³/mol. The monoisotopic (exact) mass is 298 g/mol. The highest BCUT2D eigenvalue weighted by Gasteiger charge is 2.16. The summed E-state index contributed by atoms with van der Waals surface area (Å²) in [6.45, 7) is -0.101. The average molecular weight is 299 g/mol. The summed E-state index contributed by atoms with van der Waals surface area (Å²) in [5.41, 5.74) is 0.207. The fourth-order valence-corrected chi connectivity index (χ4v) is 2.55. The summed E-state index contributed by atoms with van der Waals surface area (Å²) >= 11 is 5.78. The largest absolute Gasteiger partial charge is 0.241 e. The van der Waals surface area contributed by atoms with Crippen LogP contribution in [0.1, 0.15) is 11.4 Å². The molecule has 19 heavy (non-hydrogen) atoms. The zero-order chi connectivity index (χ0) is 13.9.